The summed E-state index contributed by atoms with van der Waals surface area (Å²) in [4.78, 5) is 19.0. The van der Waals surface area contributed by atoms with Crippen molar-refractivity contribution in [1.29, 1.82) is 0 Å². The first-order valence-electron chi connectivity index (χ1n) is 14.0. The SMILES string of the molecule is CN1C(=O)C2(CCNCC2)c2cc(-c3ccc(S(=O)(=O)N4CCC(Nc5ccc(C(F)(F)F)cn5)CC4)cc3)ccc21. The fraction of sp³-hybridized carbons (Fsp3) is 0.400. The number of benzene rings is 2. The Kier molecular flexibility index (Phi) is 7.27. The van der Waals surface area contributed by atoms with Crippen LogP contribution in [-0.2, 0) is 26.4 Å². The second-order valence-electron chi connectivity index (χ2n) is 11.2. The zero-order valence-electron chi connectivity index (χ0n) is 23.1. The number of sulfonamides is 1. The highest BCUT2D eigenvalue weighted by molar-refractivity contribution is 7.89. The molecule has 42 heavy (non-hydrogen) atoms. The third-order valence-corrected chi connectivity index (χ3v) is 10.7. The van der Waals surface area contributed by atoms with Crippen LogP contribution in [-0.4, -0.2) is 62.9 Å². The zero-order chi connectivity index (χ0) is 29.7. The zero-order valence-corrected chi connectivity index (χ0v) is 23.9. The number of halogens is 3. The number of carbonyl (C=O) groups is 1. The molecule has 2 saturated heterocycles. The molecule has 2 aromatic carbocycles. The fourth-order valence-electron chi connectivity index (χ4n) is 6.34. The Bertz CT molecular complexity index is 1580. The molecule has 12 heteroatoms. The second-order valence-corrected chi connectivity index (χ2v) is 13.1. The predicted molar refractivity (Wildman–Crippen MR) is 154 cm³/mol. The number of carbonyl (C=O) groups excluding carboxylic acids is 1. The standard InChI is InChI=1S/C30H32F3N5O3S/c1-37-26-8-4-21(18-25(26)29(28(37)39)12-14-34-15-13-29)20-2-6-24(7-3-20)42(40,41)38-16-10-23(11-17-38)36-27-9-5-22(19-35-27)30(31,32)33/h2-9,18-19,23,34H,10-17H2,1H3,(H,35,36). The third-order valence-electron chi connectivity index (χ3n) is 8.77. The first-order valence-corrected chi connectivity index (χ1v) is 15.5. The molecular weight excluding hydrogens is 567 g/mol. The van der Waals surface area contributed by atoms with Gasteiger partial charge >= 0.3 is 6.18 Å². The van der Waals surface area contributed by atoms with Gasteiger partial charge in [-0.05, 0) is 91.9 Å². The van der Waals surface area contributed by atoms with Gasteiger partial charge in [-0.2, -0.15) is 17.5 Å². The van der Waals surface area contributed by atoms with Gasteiger partial charge in [0.15, 0.2) is 0 Å². The number of piperidine rings is 2. The smallest absolute Gasteiger partial charge is 0.367 e. The van der Waals surface area contributed by atoms with Crippen LogP contribution in [0, 0.1) is 0 Å². The minimum atomic E-state index is -4.45. The lowest BCUT2D eigenvalue weighted by molar-refractivity contribution is -0.137. The van der Waals surface area contributed by atoms with E-state index in [-0.39, 0.29) is 29.9 Å². The van der Waals surface area contributed by atoms with E-state index in [0.29, 0.717) is 18.7 Å². The number of nitrogens with zero attached hydrogens (tertiary/aromatic N) is 3. The molecule has 0 unspecified atom stereocenters. The molecule has 8 nitrogen and oxygen atoms in total. The van der Waals surface area contributed by atoms with Gasteiger partial charge in [-0.3, -0.25) is 4.79 Å². The average molecular weight is 600 g/mol. The van der Waals surface area contributed by atoms with E-state index >= 15 is 0 Å². The van der Waals surface area contributed by atoms with Crippen molar-refractivity contribution in [3.63, 3.8) is 0 Å². The molecular formula is C30H32F3N5O3S. The summed E-state index contributed by atoms with van der Waals surface area (Å²) >= 11 is 0. The van der Waals surface area contributed by atoms with Crippen LogP contribution in [0.15, 0.2) is 65.7 Å². The molecule has 0 aliphatic carbocycles. The van der Waals surface area contributed by atoms with Crippen molar-refractivity contribution < 1.29 is 26.4 Å². The van der Waals surface area contributed by atoms with Crippen LogP contribution < -0.4 is 15.5 Å². The molecule has 0 saturated carbocycles. The van der Waals surface area contributed by atoms with Crippen molar-refractivity contribution in [3.05, 3.63) is 71.9 Å². The van der Waals surface area contributed by atoms with Crippen molar-refractivity contribution in [2.24, 2.45) is 0 Å². The number of fused-ring (bicyclic) bond motifs is 2. The lowest BCUT2D eigenvalue weighted by atomic mass is 9.73. The minimum Gasteiger partial charge on any atom is -0.367 e. The van der Waals surface area contributed by atoms with E-state index in [4.69, 9.17) is 0 Å². The van der Waals surface area contributed by atoms with Crippen LogP contribution in [0.4, 0.5) is 24.7 Å². The molecule has 1 spiro atoms. The van der Waals surface area contributed by atoms with E-state index in [0.717, 1.165) is 60.6 Å². The van der Waals surface area contributed by atoms with Crippen molar-refractivity contribution in [3.8, 4) is 11.1 Å². The number of rotatable bonds is 5. The highest BCUT2D eigenvalue weighted by Crippen LogP contribution is 2.47. The van der Waals surface area contributed by atoms with E-state index in [1.165, 1.54) is 10.4 Å². The van der Waals surface area contributed by atoms with Gasteiger partial charge in [0, 0.05) is 38.1 Å². The first-order chi connectivity index (χ1) is 20.0. The highest BCUT2D eigenvalue weighted by Gasteiger charge is 2.50. The summed E-state index contributed by atoms with van der Waals surface area (Å²) < 4.78 is 66.6. The Morgan fingerprint density at radius 1 is 0.976 bits per heavy atom. The third kappa shape index (κ3) is 5.05. The summed E-state index contributed by atoms with van der Waals surface area (Å²) in [7, 11) is -1.90. The van der Waals surface area contributed by atoms with E-state index in [9.17, 15) is 26.4 Å². The average Bonchev–Trinajstić information content (AvgIpc) is 3.19. The number of likely N-dealkylation sites (N-methyl/N-ethyl adjacent to an activating group) is 1. The number of anilines is 2. The predicted octanol–water partition coefficient (Wildman–Crippen LogP) is 4.63. The van der Waals surface area contributed by atoms with Crippen LogP contribution in [0.2, 0.25) is 0 Å². The molecule has 0 radical (unpaired) electrons. The summed E-state index contributed by atoms with van der Waals surface area (Å²) in [5, 5.41) is 6.46. The van der Waals surface area contributed by atoms with Gasteiger partial charge < -0.3 is 15.5 Å². The Labute approximate surface area is 243 Å². The number of pyridine rings is 1. The fourth-order valence-corrected chi connectivity index (χ4v) is 7.81. The number of nitrogens with one attached hydrogen (secondary N) is 2. The Hall–Kier alpha value is -3.48. The van der Waals surface area contributed by atoms with Crippen LogP contribution in [0.5, 0.6) is 0 Å². The molecule has 0 bridgehead atoms. The normalized spacial score (nSPS) is 19.7. The van der Waals surface area contributed by atoms with Crippen molar-refractivity contribution in [1.82, 2.24) is 14.6 Å². The van der Waals surface area contributed by atoms with Crippen molar-refractivity contribution >= 4 is 27.4 Å². The summed E-state index contributed by atoms with van der Waals surface area (Å²) in [6.45, 7) is 2.14. The molecule has 1 amide bonds. The van der Waals surface area contributed by atoms with Crippen LogP contribution in [0.3, 0.4) is 0 Å². The second kappa shape index (κ2) is 10.7. The quantitative estimate of drug-likeness (QED) is 0.444. The van der Waals surface area contributed by atoms with Crippen molar-refractivity contribution in [2.45, 2.75) is 48.2 Å². The van der Waals surface area contributed by atoms with Gasteiger partial charge in [0.2, 0.25) is 15.9 Å². The molecule has 1 aromatic heterocycles. The van der Waals surface area contributed by atoms with Gasteiger partial charge in [0.1, 0.15) is 5.82 Å². The molecule has 222 valence electrons. The van der Waals surface area contributed by atoms with Gasteiger partial charge in [-0.15, -0.1) is 0 Å². The van der Waals surface area contributed by atoms with E-state index in [2.05, 4.69) is 21.7 Å². The number of hydrogen-bond acceptors (Lipinski definition) is 6. The van der Waals surface area contributed by atoms with Gasteiger partial charge in [0.05, 0.1) is 15.9 Å². The molecule has 2 N–H and O–H groups in total. The molecule has 3 aromatic rings. The Morgan fingerprint density at radius 3 is 2.26 bits per heavy atom. The molecule has 3 aliphatic heterocycles. The van der Waals surface area contributed by atoms with Gasteiger partial charge in [-0.1, -0.05) is 18.2 Å². The van der Waals surface area contributed by atoms with Crippen LogP contribution in [0.25, 0.3) is 11.1 Å². The summed E-state index contributed by atoms with van der Waals surface area (Å²) in [5.74, 6) is 0.459. The Morgan fingerprint density at radius 2 is 1.64 bits per heavy atom. The largest absolute Gasteiger partial charge is 0.417 e. The molecule has 6 rings (SSSR count). The summed E-state index contributed by atoms with van der Waals surface area (Å²) in [6, 6.07) is 15.0. The topological polar surface area (TPSA) is 94.6 Å². The lowest BCUT2D eigenvalue weighted by Gasteiger charge is -2.32. The number of amides is 1. The highest BCUT2D eigenvalue weighted by atomic mass is 32.2. The molecule has 2 fully saturated rings. The van der Waals surface area contributed by atoms with E-state index in [1.807, 2.05) is 19.2 Å². The van der Waals surface area contributed by atoms with Crippen LogP contribution >= 0.6 is 0 Å². The van der Waals surface area contributed by atoms with Crippen molar-refractivity contribution in [2.75, 3.05) is 43.4 Å². The lowest BCUT2D eigenvalue weighted by Crippen LogP contribution is -2.46. The number of alkyl halides is 3. The maximum atomic E-state index is 13.4. The van der Waals surface area contributed by atoms with Gasteiger partial charge in [0.25, 0.3) is 0 Å². The summed E-state index contributed by atoms with van der Waals surface area (Å²) in [5.41, 5.74) is 2.44. The first kappa shape index (κ1) is 28.6. The van der Waals surface area contributed by atoms with E-state index in [1.54, 1.807) is 29.2 Å². The summed E-state index contributed by atoms with van der Waals surface area (Å²) in [6.07, 6.45) is -1.16. The maximum Gasteiger partial charge on any atom is 0.417 e. The van der Waals surface area contributed by atoms with Gasteiger partial charge in [-0.25, -0.2) is 13.4 Å². The van der Waals surface area contributed by atoms with Crippen LogP contribution in [0.1, 0.15) is 36.8 Å². The monoisotopic (exact) mass is 599 g/mol. The molecule has 3 aliphatic rings. The van der Waals surface area contributed by atoms with E-state index < -0.39 is 27.2 Å². The minimum absolute atomic E-state index is 0.1000. The molecule has 4 heterocycles. The number of hydrogen-bond donors (Lipinski definition) is 2. The maximum absolute atomic E-state index is 13.4. The number of aromatic nitrogens is 1. The molecule has 0 atom stereocenters. The Balaban J connectivity index is 1.13.